The van der Waals surface area contributed by atoms with E-state index in [0.717, 1.165) is 6.54 Å². The van der Waals surface area contributed by atoms with Crippen molar-refractivity contribution in [2.24, 2.45) is 0 Å². The number of piperidine rings is 1. The van der Waals surface area contributed by atoms with E-state index in [0.29, 0.717) is 0 Å². The minimum Gasteiger partial charge on any atom is -0.396 e. The fourth-order valence-electron chi connectivity index (χ4n) is 2.43. The second-order valence-corrected chi connectivity index (χ2v) is 5.16. The van der Waals surface area contributed by atoms with Gasteiger partial charge >= 0.3 is 0 Å². The van der Waals surface area contributed by atoms with Crippen LogP contribution in [0, 0.1) is 0 Å². The number of benzene rings is 1. The first-order chi connectivity index (χ1) is 8.29. The van der Waals surface area contributed by atoms with Crippen LogP contribution >= 0.6 is 0 Å². The molecule has 0 bridgehead atoms. The number of aliphatic hydroxyl groups excluding tert-OH is 1. The molecule has 1 unspecified atom stereocenters. The summed E-state index contributed by atoms with van der Waals surface area (Å²) in [6.45, 7) is 5.85. The van der Waals surface area contributed by atoms with Gasteiger partial charge in [0.15, 0.2) is 0 Å². The molecule has 0 aromatic heterocycles. The monoisotopic (exact) mass is 233 g/mol. The summed E-state index contributed by atoms with van der Waals surface area (Å²) in [5.74, 6) is 0.249. The molecular formula is C15H23NO. The van der Waals surface area contributed by atoms with E-state index in [2.05, 4.69) is 36.1 Å². The molecule has 1 N–H and O–H groups in total. The van der Waals surface area contributed by atoms with Crippen molar-refractivity contribution < 1.29 is 5.11 Å². The van der Waals surface area contributed by atoms with Gasteiger partial charge in [-0.05, 0) is 37.1 Å². The molecule has 1 aromatic rings. The Bertz CT molecular complexity index is 327. The molecule has 0 spiro atoms. The average molecular weight is 233 g/mol. The molecule has 0 radical (unpaired) electrons. The van der Waals surface area contributed by atoms with Gasteiger partial charge in [-0.1, -0.05) is 37.6 Å². The summed E-state index contributed by atoms with van der Waals surface area (Å²) in [4.78, 5) is 2.54. The third-order valence-corrected chi connectivity index (χ3v) is 3.68. The SMILES string of the molecule is CC(CO)c1ccc(CN2CCCCC2)cc1. The molecule has 1 atom stereocenters. The van der Waals surface area contributed by atoms with Crippen molar-refractivity contribution in [3.63, 3.8) is 0 Å². The Labute approximate surface area is 104 Å². The van der Waals surface area contributed by atoms with Crippen LogP contribution < -0.4 is 0 Å². The maximum atomic E-state index is 9.11. The van der Waals surface area contributed by atoms with Crippen LogP contribution in [0.2, 0.25) is 0 Å². The normalized spacial score (nSPS) is 19.2. The Morgan fingerprint density at radius 3 is 2.35 bits per heavy atom. The van der Waals surface area contributed by atoms with Crippen molar-refractivity contribution in [1.29, 1.82) is 0 Å². The van der Waals surface area contributed by atoms with Crippen LogP contribution in [0.15, 0.2) is 24.3 Å². The van der Waals surface area contributed by atoms with Gasteiger partial charge in [0, 0.05) is 19.1 Å². The number of hydrogen-bond acceptors (Lipinski definition) is 2. The van der Waals surface area contributed by atoms with Crippen LogP contribution in [-0.4, -0.2) is 29.7 Å². The number of hydrogen-bond donors (Lipinski definition) is 1. The highest BCUT2D eigenvalue weighted by Gasteiger charge is 2.10. The lowest BCUT2D eigenvalue weighted by Crippen LogP contribution is -2.29. The van der Waals surface area contributed by atoms with Crippen LogP contribution in [-0.2, 0) is 6.54 Å². The Morgan fingerprint density at radius 2 is 1.76 bits per heavy atom. The zero-order chi connectivity index (χ0) is 12.1. The first kappa shape index (κ1) is 12.6. The van der Waals surface area contributed by atoms with E-state index in [4.69, 9.17) is 5.11 Å². The Kier molecular flexibility index (Phi) is 4.57. The molecule has 1 fully saturated rings. The molecule has 0 saturated carbocycles. The van der Waals surface area contributed by atoms with Crippen molar-refractivity contribution in [3.8, 4) is 0 Å². The van der Waals surface area contributed by atoms with Crippen LogP contribution in [0.5, 0.6) is 0 Å². The van der Waals surface area contributed by atoms with E-state index in [9.17, 15) is 0 Å². The van der Waals surface area contributed by atoms with Crippen LogP contribution in [0.1, 0.15) is 43.2 Å². The zero-order valence-corrected chi connectivity index (χ0v) is 10.7. The average Bonchev–Trinajstić information content (AvgIpc) is 2.40. The molecular weight excluding hydrogens is 210 g/mol. The van der Waals surface area contributed by atoms with Gasteiger partial charge in [0.25, 0.3) is 0 Å². The smallest absolute Gasteiger partial charge is 0.0497 e. The predicted molar refractivity (Wildman–Crippen MR) is 71.1 cm³/mol. The van der Waals surface area contributed by atoms with Gasteiger partial charge in [-0.25, -0.2) is 0 Å². The molecule has 94 valence electrons. The maximum Gasteiger partial charge on any atom is 0.0497 e. The lowest BCUT2D eigenvalue weighted by Gasteiger charge is -2.26. The summed E-state index contributed by atoms with van der Waals surface area (Å²) in [5, 5.41) is 9.11. The highest BCUT2D eigenvalue weighted by molar-refractivity contribution is 5.25. The fraction of sp³-hybridized carbons (Fsp3) is 0.600. The van der Waals surface area contributed by atoms with Gasteiger partial charge in [0.1, 0.15) is 0 Å². The summed E-state index contributed by atoms with van der Waals surface area (Å²) in [5.41, 5.74) is 2.62. The lowest BCUT2D eigenvalue weighted by molar-refractivity contribution is 0.221. The molecule has 0 aliphatic carbocycles. The molecule has 17 heavy (non-hydrogen) atoms. The van der Waals surface area contributed by atoms with Crippen molar-refractivity contribution in [2.45, 2.75) is 38.6 Å². The maximum absolute atomic E-state index is 9.11. The second-order valence-electron chi connectivity index (χ2n) is 5.16. The third kappa shape index (κ3) is 3.55. The zero-order valence-electron chi connectivity index (χ0n) is 10.7. The molecule has 1 aliphatic heterocycles. The number of aliphatic hydroxyl groups is 1. The van der Waals surface area contributed by atoms with E-state index < -0.39 is 0 Å². The minimum absolute atomic E-state index is 0.228. The first-order valence-corrected chi connectivity index (χ1v) is 6.71. The van der Waals surface area contributed by atoms with E-state index in [1.807, 2.05) is 0 Å². The molecule has 1 aliphatic rings. The van der Waals surface area contributed by atoms with Gasteiger partial charge < -0.3 is 5.11 Å². The van der Waals surface area contributed by atoms with Crippen LogP contribution in [0.3, 0.4) is 0 Å². The number of nitrogens with zero attached hydrogens (tertiary/aromatic N) is 1. The summed E-state index contributed by atoms with van der Waals surface area (Å²) in [6, 6.07) is 8.71. The Balaban J connectivity index is 1.93. The van der Waals surface area contributed by atoms with Gasteiger partial charge in [-0.2, -0.15) is 0 Å². The van der Waals surface area contributed by atoms with Gasteiger partial charge in [0.2, 0.25) is 0 Å². The molecule has 1 saturated heterocycles. The summed E-state index contributed by atoms with van der Waals surface area (Å²) in [6.07, 6.45) is 4.09. The minimum atomic E-state index is 0.228. The first-order valence-electron chi connectivity index (χ1n) is 6.71. The fourth-order valence-corrected chi connectivity index (χ4v) is 2.43. The summed E-state index contributed by atoms with van der Waals surface area (Å²) < 4.78 is 0. The van der Waals surface area contributed by atoms with Gasteiger partial charge in [0.05, 0.1) is 0 Å². The Morgan fingerprint density at radius 1 is 1.12 bits per heavy atom. The highest BCUT2D eigenvalue weighted by Crippen LogP contribution is 2.17. The molecule has 1 heterocycles. The van der Waals surface area contributed by atoms with Crippen LogP contribution in [0.4, 0.5) is 0 Å². The van der Waals surface area contributed by atoms with Crippen molar-refractivity contribution >= 4 is 0 Å². The highest BCUT2D eigenvalue weighted by atomic mass is 16.3. The summed E-state index contributed by atoms with van der Waals surface area (Å²) in [7, 11) is 0. The van der Waals surface area contributed by atoms with E-state index in [-0.39, 0.29) is 12.5 Å². The van der Waals surface area contributed by atoms with Gasteiger partial charge in [-0.3, -0.25) is 4.90 Å². The lowest BCUT2D eigenvalue weighted by atomic mass is 10.0. The molecule has 2 rings (SSSR count). The topological polar surface area (TPSA) is 23.5 Å². The second kappa shape index (κ2) is 6.18. The Hall–Kier alpha value is -0.860. The molecule has 0 amide bonds. The van der Waals surface area contributed by atoms with E-state index >= 15 is 0 Å². The molecule has 1 aromatic carbocycles. The van der Waals surface area contributed by atoms with Crippen molar-refractivity contribution in [3.05, 3.63) is 35.4 Å². The van der Waals surface area contributed by atoms with Gasteiger partial charge in [-0.15, -0.1) is 0 Å². The third-order valence-electron chi connectivity index (χ3n) is 3.68. The standard InChI is InChI=1S/C15H23NO/c1-13(12-17)15-7-5-14(6-8-15)11-16-9-3-2-4-10-16/h5-8,13,17H,2-4,9-12H2,1H3. The van der Waals surface area contributed by atoms with E-state index in [1.54, 1.807) is 0 Å². The van der Waals surface area contributed by atoms with Crippen molar-refractivity contribution in [2.75, 3.05) is 19.7 Å². The predicted octanol–water partition coefficient (Wildman–Crippen LogP) is 2.77. The number of rotatable bonds is 4. The molecule has 2 heteroatoms. The largest absolute Gasteiger partial charge is 0.396 e. The number of likely N-dealkylation sites (tertiary alicyclic amines) is 1. The van der Waals surface area contributed by atoms with Crippen molar-refractivity contribution in [1.82, 2.24) is 4.90 Å². The van der Waals surface area contributed by atoms with E-state index in [1.165, 1.54) is 43.5 Å². The quantitative estimate of drug-likeness (QED) is 0.864. The summed E-state index contributed by atoms with van der Waals surface area (Å²) >= 11 is 0. The molecule has 2 nitrogen and oxygen atoms in total. The van der Waals surface area contributed by atoms with Crippen LogP contribution in [0.25, 0.3) is 0 Å².